The third kappa shape index (κ3) is 2.84. The summed E-state index contributed by atoms with van der Waals surface area (Å²) in [4.78, 5) is 0.171. The molecule has 1 heterocycles. The zero-order valence-electron chi connectivity index (χ0n) is 10.1. The summed E-state index contributed by atoms with van der Waals surface area (Å²) in [6.07, 6.45) is 1.30. The number of aromatic amines is 1. The topological polar surface area (TPSA) is 89.8 Å². The first kappa shape index (κ1) is 13.7. The minimum atomic E-state index is -3.56. The molecule has 0 bridgehead atoms. The fourth-order valence-electron chi connectivity index (χ4n) is 1.48. The molecule has 0 fully saturated rings. The summed E-state index contributed by atoms with van der Waals surface area (Å²) < 4.78 is 25.8. The van der Waals surface area contributed by atoms with E-state index in [4.69, 9.17) is 5.26 Å². The Kier molecular flexibility index (Phi) is 4.26. The molecule has 94 valence electrons. The second-order valence-corrected chi connectivity index (χ2v) is 5.75. The van der Waals surface area contributed by atoms with Gasteiger partial charge in [-0.1, -0.05) is 6.92 Å². The van der Waals surface area contributed by atoms with E-state index in [0.717, 1.165) is 0 Å². The molecule has 0 radical (unpaired) electrons. The lowest BCUT2D eigenvalue weighted by Crippen LogP contribution is -2.34. The zero-order valence-corrected chi connectivity index (χ0v) is 11.0. The van der Waals surface area contributed by atoms with Crippen LogP contribution in [-0.4, -0.2) is 36.0 Å². The molecule has 6 nitrogen and oxygen atoms in total. The van der Waals surface area contributed by atoms with E-state index in [1.807, 2.05) is 6.07 Å². The van der Waals surface area contributed by atoms with E-state index in [1.54, 1.807) is 20.8 Å². The molecule has 0 aliphatic heterocycles. The van der Waals surface area contributed by atoms with Crippen molar-refractivity contribution in [2.45, 2.75) is 25.7 Å². The molecule has 1 aromatic rings. The maximum Gasteiger partial charge on any atom is 0.246 e. The van der Waals surface area contributed by atoms with Crippen molar-refractivity contribution in [3.8, 4) is 6.07 Å². The number of rotatable bonds is 5. The number of nitrogens with one attached hydrogen (secondary N) is 1. The van der Waals surface area contributed by atoms with Crippen LogP contribution in [0.4, 0.5) is 0 Å². The maximum atomic E-state index is 12.3. The van der Waals surface area contributed by atoms with Crippen molar-refractivity contribution in [1.29, 1.82) is 5.26 Å². The molecule has 0 amide bonds. The Labute approximate surface area is 101 Å². The summed E-state index contributed by atoms with van der Waals surface area (Å²) in [5.74, 6) is -0.336. The SMILES string of the molecule is CCN(CC(C)C#N)S(=O)(=O)c1cn[nH]c1C. The van der Waals surface area contributed by atoms with Crippen molar-refractivity contribution >= 4 is 10.0 Å². The number of hydrogen-bond donors (Lipinski definition) is 1. The molecule has 0 aliphatic rings. The van der Waals surface area contributed by atoms with E-state index in [2.05, 4.69) is 10.2 Å². The monoisotopic (exact) mass is 256 g/mol. The van der Waals surface area contributed by atoms with Crippen LogP contribution in [-0.2, 0) is 10.0 Å². The molecule has 0 saturated heterocycles. The van der Waals surface area contributed by atoms with E-state index in [9.17, 15) is 8.42 Å². The van der Waals surface area contributed by atoms with Crippen LogP contribution in [0.2, 0.25) is 0 Å². The van der Waals surface area contributed by atoms with E-state index in [1.165, 1.54) is 10.5 Å². The van der Waals surface area contributed by atoms with Gasteiger partial charge in [0.2, 0.25) is 10.0 Å². The third-order valence-corrected chi connectivity index (χ3v) is 4.51. The van der Waals surface area contributed by atoms with Crippen LogP contribution in [0.25, 0.3) is 0 Å². The number of aryl methyl sites for hydroxylation is 1. The van der Waals surface area contributed by atoms with Gasteiger partial charge < -0.3 is 0 Å². The van der Waals surface area contributed by atoms with Gasteiger partial charge in [-0.15, -0.1) is 0 Å². The number of H-pyrrole nitrogens is 1. The van der Waals surface area contributed by atoms with E-state index < -0.39 is 10.0 Å². The quantitative estimate of drug-likeness (QED) is 0.847. The smallest absolute Gasteiger partial charge is 0.246 e. The molecule has 0 spiro atoms. The molecule has 1 rings (SSSR count). The molecule has 0 saturated carbocycles. The largest absolute Gasteiger partial charge is 0.281 e. The van der Waals surface area contributed by atoms with Gasteiger partial charge >= 0.3 is 0 Å². The van der Waals surface area contributed by atoms with Gasteiger partial charge in [0.25, 0.3) is 0 Å². The molecule has 7 heteroatoms. The Morgan fingerprint density at radius 1 is 1.65 bits per heavy atom. The Morgan fingerprint density at radius 3 is 2.71 bits per heavy atom. The molecule has 0 aliphatic carbocycles. The van der Waals surface area contributed by atoms with Crippen LogP contribution in [0.1, 0.15) is 19.5 Å². The van der Waals surface area contributed by atoms with E-state index in [0.29, 0.717) is 12.2 Å². The molecule has 17 heavy (non-hydrogen) atoms. The van der Waals surface area contributed by atoms with Gasteiger partial charge in [0.15, 0.2) is 0 Å². The van der Waals surface area contributed by atoms with Crippen LogP contribution in [0, 0.1) is 24.2 Å². The highest BCUT2D eigenvalue weighted by atomic mass is 32.2. The van der Waals surface area contributed by atoms with E-state index >= 15 is 0 Å². The van der Waals surface area contributed by atoms with Gasteiger partial charge in [-0.2, -0.15) is 14.7 Å². The van der Waals surface area contributed by atoms with Crippen molar-refractivity contribution < 1.29 is 8.42 Å². The first-order valence-electron chi connectivity index (χ1n) is 5.33. The molecule has 1 atom stereocenters. The van der Waals surface area contributed by atoms with Crippen molar-refractivity contribution in [2.75, 3.05) is 13.1 Å². The maximum absolute atomic E-state index is 12.3. The van der Waals surface area contributed by atoms with Crippen LogP contribution in [0.5, 0.6) is 0 Å². The fraction of sp³-hybridized carbons (Fsp3) is 0.600. The normalized spacial score (nSPS) is 13.6. The van der Waals surface area contributed by atoms with Crippen molar-refractivity contribution in [3.05, 3.63) is 11.9 Å². The Morgan fingerprint density at radius 2 is 2.29 bits per heavy atom. The molecule has 1 aromatic heterocycles. The van der Waals surface area contributed by atoms with Gasteiger partial charge in [0.05, 0.1) is 23.9 Å². The van der Waals surface area contributed by atoms with Crippen molar-refractivity contribution in [2.24, 2.45) is 5.92 Å². The highest BCUT2D eigenvalue weighted by Crippen LogP contribution is 2.18. The molecule has 1 unspecified atom stereocenters. The van der Waals surface area contributed by atoms with Crippen LogP contribution in [0.15, 0.2) is 11.1 Å². The van der Waals surface area contributed by atoms with Crippen molar-refractivity contribution in [3.63, 3.8) is 0 Å². The lowest BCUT2D eigenvalue weighted by Gasteiger charge is -2.20. The first-order chi connectivity index (χ1) is 7.93. The number of nitriles is 1. The third-order valence-electron chi connectivity index (χ3n) is 2.45. The minimum absolute atomic E-state index is 0.171. The summed E-state index contributed by atoms with van der Waals surface area (Å²) in [6.45, 7) is 5.62. The average Bonchev–Trinajstić information content (AvgIpc) is 2.72. The highest BCUT2D eigenvalue weighted by molar-refractivity contribution is 7.89. The van der Waals surface area contributed by atoms with Gasteiger partial charge in [-0.25, -0.2) is 8.42 Å². The van der Waals surface area contributed by atoms with Crippen LogP contribution < -0.4 is 0 Å². The standard InChI is InChI=1S/C10H16N4O2S/c1-4-14(7-8(2)5-11)17(15,16)10-6-12-13-9(10)3/h6,8H,4,7H2,1-3H3,(H,12,13). The second-order valence-electron chi connectivity index (χ2n) is 3.85. The predicted molar refractivity (Wildman–Crippen MR) is 62.5 cm³/mol. The second kappa shape index (κ2) is 5.29. The Bertz CT molecular complexity index is 515. The zero-order chi connectivity index (χ0) is 13.1. The number of hydrogen-bond acceptors (Lipinski definition) is 4. The van der Waals surface area contributed by atoms with Crippen molar-refractivity contribution in [1.82, 2.24) is 14.5 Å². The fourth-order valence-corrected chi connectivity index (χ4v) is 3.14. The lowest BCUT2D eigenvalue weighted by molar-refractivity contribution is 0.399. The number of nitrogens with zero attached hydrogens (tertiary/aromatic N) is 3. The summed E-state index contributed by atoms with van der Waals surface area (Å²) in [5, 5.41) is 15.0. The summed E-state index contributed by atoms with van der Waals surface area (Å²) in [6, 6.07) is 2.03. The number of aromatic nitrogens is 2. The van der Waals surface area contributed by atoms with Gasteiger partial charge in [0.1, 0.15) is 4.90 Å². The molecular weight excluding hydrogens is 240 g/mol. The van der Waals surface area contributed by atoms with Crippen LogP contribution in [0.3, 0.4) is 0 Å². The molecule has 1 N–H and O–H groups in total. The molecule has 0 aromatic carbocycles. The Balaban J connectivity index is 3.04. The summed E-state index contributed by atoms with van der Waals surface area (Å²) in [5.41, 5.74) is 0.507. The van der Waals surface area contributed by atoms with E-state index in [-0.39, 0.29) is 17.4 Å². The number of sulfonamides is 1. The van der Waals surface area contributed by atoms with Gasteiger partial charge in [0, 0.05) is 13.1 Å². The minimum Gasteiger partial charge on any atom is -0.281 e. The highest BCUT2D eigenvalue weighted by Gasteiger charge is 2.27. The van der Waals surface area contributed by atoms with Gasteiger partial charge in [-0.3, -0.25) is 5.10 Å². The summed E-state index contributed by atoms with van der Waals surface area (Å²) in [7, 11) is -3.56. The molecular formula is C10H16N4O2S. The summed E-state index contributed by atoms with van der Waals surface area (Å²) >= 11 is 0. The van der Waals surface area contributed by atoms with Gasteiger partial charge in [-0.05, 0) is 13.8 Å². The predicted octanol–water partition coefficient (Wildman–Crippen LogP) is 0.888. The van der Waals surface area contributed by atoms with Crippen LogP contribution >= 0.6 is 0 Å². The average molecular weight is 256 g/mol. The first-order valence-corrected chi connectivity index (χ1v) is 6.77. The Hall–Kier alpha value is -1.39. The lowest BCUT2D eigenvalue weighted by atomic mass is 10.2.